The first-order valence-electron chi connectivity index (χ1n) is 3.27. The SMILES string of the molecule is CC1PCCPC1C. The fourth-order valence-corrected chi connectivity index (χ4v) is 4.43. The van der Waals surface area contributed by atoms with Gasteiger partial charge in [0.25, 0.3) is 0 Å². The molecule has 0 bridgehead atoms. The van der Waals surface area contributed by atoms with E-state index >= 15 is 0 Å². The highest BCUT2D eigenvalue weighted by atomic mass is 31.1. The van der Waals surface area contributed by atoms with Crippen LogP contribution in [0.2, 0.25) is 0 Å². The number of hydrogen-bond acceptors (Lipinski definition) is 0. The summed E-state index contributed by atoms with van der Waals surface area (Å²) in [4.78, 5) is 0. The molecule has 1 fully saturated rings. The van der Waals surface area contributed by atoms with Crippen LogP contribution < -0.4 is 0 Å². The van der Waals surface area contributed by atoms with Gasteiger partial charge in [0.05, 0.1) is 0 Å². The molecule has 1 rings (SSSR count). The van der Waals surface area contributed by atoms with Crippen molar-refractivity contribution in [2.45, 2.75) is 25.2 Å². The Kier molecular flexibility index (Phi) is 2.73. The van der Waals surface area contributed by atoms with Crippen molar-refractivity contribution < 1.29 is 0 Å². The van der Waals surface area contributed by atoms with E-state index < -0.39 is 0 Å². The Balaban J connectivity index is 2.28. The molecule has 0 aromatic rings. The first-order chi connectivity index (χ1) is 3.80. The van der Waals surface area contributed by atoms with Gasteiger partial charge in [-0.15, -0.1) is 17.2 Å². The lowest BCUT2D eigenvalue weighted by Gasteiger charge is -2.24. The summed E-state index contributed by atoms with van der Waals surface area (Å²) < 4.78 is 0. The monoisotopic (exact) mass is 148 g/mol. The Morgan fingerprint density at radius 2 is 1.38 bits per heavy atom. The lowest BCUT2D eigenvalue weighted by atomic mass is 10.4. The predicted octanol–water partition coefficient (Wildman–Crippen LogP) is 2.13. The third-order valence-electron chi connectivity index (χ3n) is 1.81. The van der Waals surface area contributed by atoms with Crippen LogP contribution >= 0.6 is 17.2 Å². The van der Waals surface area contributed by atoms with E-state index in [0.29, 0.717) is 0 Å². The minimum absolute atomic E-state index is 1.04. The summed E-state index contributed by atoms with van der Waals surface area (Å²) in [7, 11) is 2.53. The van der Waals surface area contributed by atoms with Crippen molar-refractivity contribution >= 4 is 17.2 Å². The third-order valence-corrected chi connectivity index (χ3v) is 6.01. The zero-order valence-corrected chi connectivity index (χ0v) is 7.57. The Hall–Kier alpha value is 0.860. The second-order valence-corrected chi connectivity index (χ2v) is 6.12. The molecular weight excluding hydrogens is 134 g/mol. The van der Waals surface area contributed by atoms with Crippen LogP contribution in [0, 0.1) is 0 Å². The van der Waals surface area contributed by atoms with Gasteiger partial charge in [0.1, 0.15) is 0 Å². The molecule has 0 N–H and O–H groups in total. The van der Waals surface area contributed by atoms with Gasteiger partial charge < -0.3 is 0 Å². The van der Waals surface area contributed by atoms with Crippen LogP contribution in [0.4, 0.5) is 0 Å². The molecule has 0 radical (unpaired) electrons. The van der Waals surface area contributed by atoms with Crippen molar-refractivity contribution in [3.8, 4) is 0 Å². The molecule has 48 valence electrons. The van der Waals surface area contributed by atoms with Crippen LogP contribution in [0.25, 0.3) is 0 Å². The standard InChI is InChI=1S/C6H14P2/c1-5-6(2)8-4-3-7-5/h5-8H,3-4H2,1-2H3. The number of hydrogen-bond donors (Lipinski definition) is 0. The molecule has 1 heterocycles. The summed E-state index contributed by atoms with van der Waals surface area (Å²) in [5, 5.41) is 0. The Morgan fingerprint density at radius 1 is 1.00 bits per heavy atom. The van der Waals surface area contributed by atoms with Gasteiger partial charge in [-0.1, -0.05) is 13.8 Å². The van der Waals surface area contributed by atoms with E-state index in [1.165, 1.54) is 29.5 Å². The summed E-state index contributed by atoms with van der Waals surface area (Å²) >= 11 is 0. The van der Waals surface area contributed by atoms with Crippen LogP contribution in [0.15, 0.2) is 0 Å². The molecule has 1 aliphatic rings. The molecule has 4 atom stereocenters. The van der Waals surface area contributed by atoms with Gasteiger partial charge in [0.15, 0.2) is 0 Å². The van der Waals surface area contributed by atoms with Crippen LogP contribution in [-0.2, 0) is 0 Å². The van der Waals surface area contributed by atoms with Gasteiger partial charge in [-0.3, -0.25) is 0 Å². The van der Waals surface area contributed by atoms with E-state index in [0.717, 1.165) is 11.3 Å². The minimum atomic E-state index is 1.04. The highest BCUT2D eigenvalue weighted by molar-refractivity contribution is 7.47. The molecule has 0 saturated carbocycles. The van der Waals surface area contributed by atoms with Gasteiger partial charge in [-0.2, -0.15) is 0 Å². The normalized spacial score (nSPS) is 45.8. The van der Waals surface area contributed by atoms with E-state index in [2.05, 4.69) is 13.8 Å². The molecule has 1 saturated heterocycles. The highest BCUT2D eigenvalue weighted by Crippen LogP contribution is 2.38. The zero-order valence-electron chi connectivity index (χ0n) is 5.57. The maximum Gasteiger partial charge on any atom is -0.0202 e. The second kappa shape index (κ2) is 3.14. The van der Waals surface area contributed by atoms with Crippen LogP contribution in [0.3, 0.4) is 0 Å². The smallest absolute Gasteiger partial charge is 0.0202 e. The first-order valence-corrected chi connectivity index (χ1v) is 5.84. The molecular formula is C6H14P2. The van der Waals surface area contributed by atoms with E-state index in [9.17, 15) is 0 Å². The summed E-state index contributed by atoms with van der Waals surface area (Å²) in [6, 6.07) is 0. The summed E-state index contributed by atoms with van der Waals surface area (Å²) in [5.41, 5.74) is 2.09. The van der Waals surface area contributed by atoms with Crippen LogP contribution in [-0.4, -0.2) is 23.6 Å². The van der Waals surface area contributed by atoms with Crippen LogP contribution in [0.5, 0.6) is 0 Å². The highest BCUT2D eigenvalue weighted by Gasteiger charge is 2.15. The molecule has 0 nitrogen and oxygen atoms in total. The van der Waals surface area contributed by atoms with Gasteiger partial charge in [-0.05, 0) is 23.6 Å². The lowest BCUT2D eigenvalue weighted by Crippen LogP contribution is -2.15. The van der Waals surface area contributed by atoms with Gasteiger partial charge in [0, 0.05) is 0 Å². The fraction of sp³-hybridized carbons (Fsp3) is 1.00. The Morgan fingerprint density at radius 3 is 1.62 bits per heavy atom. The van der Waals surface area contributed by atoms with Crippen molar-refractivity contribution in [1.82, 2.24) is 0 Å². The van der Waals surface area contributed by atoms with E-state index in [4.69, 9.17) is 0 Å². The quantitative estimate of drug-likeness (QED) is 0.461. The molecule has 0 aromatic carbocycles. The van der Waals surface area contributed by atoms with Crippen molar-refractivity contribution in [1.29, 1.82) is 0 Å². The van der Waals surface area contributed by atoms with Crippen molar-refractivity contribution in [2.24, 2.45) is 0 Å². The van der Waals surface area contributed by atoms with E-state index in [-0.39, 0.29) is 0 Å². The Labute approximate surface area is 55.4 Å². The molecule has 4 unspecified atom stereocenters. The Bertz CT molecular complexity index is 62.9. The third kappa shape index (κ3) is 1.67. The minimum Gasteiger partial charge on any atom is -0.118 e. The summed E-state index contributed by atoms with van der Waals surface area (Å²) in [6.45, 7) is 4.80. The largest absolute Gasteiger partial charge is 0.118 e. The summed E-state index contributed by atoms with van der Waals surface area (Å²) in [5.74, 6) is 0. The molecule has 0 aromatic heterocycles. The van der Waals surface area contributed by atoms with Gasteiger partial charge in [-0.25, -0.2) is 0 Å². The molecule has 1 aliphatic heterocycles. The van der Waals surface area contributed by atoms with Gasteiger partial charge >= 0.3 is 0 Å². The topological polar surface area (TPSA) is 0 Å². The lowest BCUT2D eigenvalue weighted by molar-refractivity contribution is 0.901. The second-order valence-electron chi connectivity index (χ2n) is 2.49. The van der Waals surface area contributed by atoms with E-state index in [1.54, 1.807) is 0 Å². The van der Waals surface area contributed by atoms with Crippen LogP contribution in [0.1, 0.15) is 13.8 Å². The first kappa shape index (κ1) is 6.97. The van der Waals surface area contributed by atoms with Crippen molar-refractivity contribution in [3.63, 3.8) is 0 Å². The maximum absolute atomic E-state index is 2.40. The average Bonchev–Trinajstić information content (AvgIpc) is 1.77. The number of rotatable bonds is 0. The average molecular weight is 148 g/mol. The van der Waals surface area contributed by atoms with Crippen molar-refractivity contribution in [3.05, 3.63) is 0 Å². The molecule has 0 amide bonds. The van der Waals surface area contributed by atoms with E-state index in [1.807, 2.05) is 0 Å². The molecule has 0 spiro atoms. The van der Waals surface area contributed by atoms with Gasteiger partial charge in [0.2, 0.25) is 0 Å². The molecule has 8 heavy (non-hydrogen) atoms. The zero-order chi connectivity index (χ0) is 5.98. The van der Waals surface area contributed by atoms with Crippen molar-refractivity contribution in [2.75, 3.05) is 12.3 Å². The molecule has 0 aliphatic carbocycles. The fourth-order valence-electron chi connectivity index (χ4n) is 0.953. The predicted molar refractivity (Wildman–Crippen MR) is 45.3 cm³/mol. The molecule has 2 heteroatoms. The maximum atomic E-state index is 2.40. The summed E-state index contributed by atoms with van der Waals surface area (Å²) in [6.07, 6.45) is 3.04.